The SMILES string of the molecule is O=c1c2ccccc2nc(-c2ccccc2)n1N=Cc1cc(Cl)c(OCc2ccc(Cl)cc2)c(Cl)c1. The van der Waals surface area contributed by atoms with E-state index in [-0.39, 0.29) is 12.2 Å². The van der Waals surface area contributed by atoms with Crippen LogP contribution in [0.5, 0.6) is 5.75 Å². The third-order valence-corrected chi connectivity index (χ3v) is 6.24. The van der Waals surface area contributed by atoms with Gasteiger partial charge in [0.2, 0.25) is 0 Å². The second kappa shape index (κ2) is 10.5. The number of nitrogens with zero attached hydrogens (tertiary/aromatic N) is 3. The Balaban J connectivity index is 1.49. The monoisotopic (exact) mass is 533 g/mol. The molecule has 0 spiro atoms. The number of hydrogen-bond acceptors (Lipinski definition) is 4. The highest BCUT2D eigenvalue weighted by molar-refractivity contribution is 6.37. The lowest BCUT2D eigenvalue weighted by Gasteiger charge is -2.11. The number of rotatable bonds is 6. The Morgan fingerprint density at radius 3 is 2.25 bits per heavy atom. The molecule has 0 N–H and O–H groups in total. The van der Waals surface area contributed by atoms with Gasteiger partial charge in [0.15, 0.2) is 11.6 Å². The number of aromatic nitrogens is 2. The first-order chi connectivity index (χ1) is 17.5. The van der Waals surface area contributed by atoms with Crippen molar-refractivity contribution in [1.29, 1.82) is 0 Å². The summed E-state index contributed by atoms with van der Waals surface area (Å²) in [5.74, 6) is 0.788. The maximum absolute atomic E-state index is 13.3. The molecular weight excluding hydrogens is 517 g/mol. The van der Waals surface area contributed by atoms with E-state index in [2.05, 4.69) is 5.10 Å². The lowest BCUT2D eigenvalue weighted by molar-refractivity contribution is 0.306. The smallest absolute Gasteiger partial charge is 0.282 e. The van der Waals surface area contributed by atoms with Crippen LogP contribution in [-0.2, 0) is 6.61 Å². The van der Waals surface area contributed by atoms with Crippen LogP contribution in [-0.4, -0.2) is 15.9 Å². The molecule has 4 aromatic carbocycles. The number of benzene rings is 4. The van der Waals surface area contributed by atoms with E-state index in [1.807, 2.05) is 48.5 Å². The Bertz CT molecular complexity index is 1610. The first-order valence-corrected chi connectivity index (χ1v) is 12.1. The molecule has 5 rings (SSSR count). The van der Waals surface area contributed by atoms with E-state index in [9.17, 15) is 4.79 Å². The third kappa shape index (κ3) is 5.14. The third-order valence-electron chi connectivity index (χ3n) is 5.43. The van der Waals surface area contributed by atoms with Crippen LogP contribution in [0.1, 0.15) is 11.1 Å². The normalized spacial score (nSPS) is 11.3. The van der Waals surface area contributed by atoms with E-state index >= 15 is 0 Å². The lowest BCUT2D eigenvalue weighted by Crippen LogP contribution is -2.20. The molecule has 1 aromatic heterocycles. The van der Waals surface area contributed by atoms with E-state index in [0.717, 1.165) is 11.1 Å². The van der Waals surface area contributed by atoms with Gasteiger partial charge in [0.1, 0.15) is 6.61 Å². The minimum Gasteiger partial charge on any atom is -0.486 e. The standard InChI is InChI=1S/C28H18Cl3N3O2/c29-21-12-10-18(11-13-21)17-36-26-23(30)14-19(15-24(26)31)16-32-34-27(20-6-2-1-3-7-20)33-25-9-5-4-8-22(25)28(34)35/h1-16H,17H2. The van der Waals surface area contributed by atoms with Gasteiger partial charge in [0, 0.05) is 10.6 Å². The van der Waals surface area contributed by atoms with Crippen molar-refractivity contribution in [3.05, 3.63) is 128 Å². The molecule has 0 saturated heterocycles. The fraction of sp³-hybridized carbons (Fsp3) is 0.0357. The number of halogens is 3. The van der Waals surface area contributed by atoms with Crippen LogP contribution in [0.25, 0.3) is 22.3 Å². The van der Waals surface area contributed by atoms with Gasteiger partial charge in [0.05, 0.1) is 27.2 Å². The van der Waals surface area contributed by atoms with Crippen molar-refractivity contribution in [2.24, 2.45) is 5.10 Å². The molecule has 0 aliphatic carbocycles. The highest BCUT2D eigenvalue weighted by Gasteiger charge is 2.13. The number of fused-ring (bicyclic) bond motifs is 1. The Kier molecular flexibility index (Phi) is 7.05. The molecule has 36 heavy (non-hydrogen) atoms. The van der Waals surface area contributed by atoms with Crippen molar-refractivity contribution in [1.82, 2.24) is 9.66 Å². The Labute approximate surface area is 222 Å². The molecule has 0 unspecified atom stereocenters. The van der Waals surface area contributed by atoms with Crippen molar-refractivity contribution in [2.75, 3.05) is 0 Å². The van der Waals surface area contributed by atoms with Gasteiger partial charge < -0.3 is 4.74 Å². The zero-order valence-electron chi connectivity index (χ0n) is 18.7. The fourth-order valence-electron chi connectivity index (χ4n) is 3.66. The summed E-state index contributed by atoms with van der Waals surface area (Å²) in [5.41, 5.74) is 2.60. The minimum absolute atomic E-state index is 0.280. The van der Waals surface area contributed by atoms with E-state index in [0.29, 0.717) is 43.1 Å². The Morgan fingerprint density at radius 2 is 1.53 bits per heavy atom. The molecule has 0 fully saturated rings. The molecule has 0 aliphatic rings. The molecule has 0 atom stereocenters. The molecular formula is C28H18Cl3N3O2. The highest BCUT2D eigenvalue weighted by Crippen LogP contribution is 2.34. The molecule has 1 heterocycles. The van der Waals surface area contributed by atoms with Crippen LogP contribution >= 0.6 is 34.8 Å². The molecule has 0 radical (unpaired) electrons. The highest BCUT2D eigenvalue weighted by atomic mass is 35.5. The average molecular weight is 535 g/mol. The molecule has 0 saturated carbocycles. The molecule has 178 valence electrons. The van der Waals surface area contributed by atoms with Crippen LogP contribution < -0.4 is 10.3 Å². The van der Waals surface area contributed by atoms with Crippen molar-refractivity contribution >= 4 is 51.9 Å². The van der Waals surface area contributed by atoms with Gasteiger partial charge in [-0.05, 0) is 47.5 Å². The van der Waals surface area contributed by atoms with E-state index < -0.39 is 0 Å². The fourth-order valence-corrected chi connectivity index (χ4v) is 4.40. The van der Waals surface area contributed by atoms with Crippen molar-refractivity contribution in [3.63, 3.8) is 0 Å². The summed E-state index contributed by atoms with van der Waals surface area (Å²) in [5, 5.41) is 6.23. The van der Waals surface area contributed by atoms with E-state index in [1.165, 1.54) is 10.9 Å². The topological polar surface area (TPSA) is 56.5 Å². The first-order valence-electron chi connectivity index (χ1n) is 11.0. The van der Waals surface area contributed by atoms with E-state index in [4.69, 9.17) is 44.5 Å². The van der Waals surface area contributed by atoms with Crippen molar-refractivity contribution < 1.29 is 4.74 Å². The number of ether oxygens (including phenoxy) is 1. The lowest BCUT2D eigenvalue weighted by atomic mass is 10.2. The van der Waals surface area contributed by atoms with Crippen LogP contribution in [0, 0.1) is 0 Å². The average Bonchev–Trinajstić information content (AvgIpc) is 2.89. The quantitative estimate of drug-likeness (QED) is 0.212. The van der Waals surface area contributed by atoms with Gasteiger partial charge in [-0.2, -0.15) is 9.78 Å². The van der Waals surface area contributed by atoms with Crippen LogP contribution in [0.15, 0.2) is 101 Å². The summed E-state index contributed by atoms with van der Waals surface area (Å²) in [6.07, 6.45) is 1.52. The maximum atomic E-state index is 13.3. The van der Waals surface area contributed by atoms with Gasteiger partial charge in [0.25, 0.3) is 5.56 Å². The Hall–Kier alpha value is -3.64. The summed E-state index contributed by atoms with van der Waals surface area (Å²) < 4.78 is 7.12. The summed E-state index contributed by atoms with van der Waals surface area (Å²) in [6, 6.07) is 27.3. The van der Waals surface area contributed by atoms with E-state index in [1.54, 1.807) is 42.5 Å². The van der Waals surface area contributed by atoms with Gasteiger partial charge in [-0.3, -0.25) is 4.79 Å². The summed E-state index contributed by atoms with van der Waals surface area (Å²) in [7, 11) is 0. The van der Waals surface area contributed by atoms with Crippen LogP contribution in [0.4, 0.5) is 0 Å². The summed E-state index contributed by atoms with van der Waals surface area (Å²) in [6.45, 7) is 0.280. The minimum atomic E-state index is -0.282. The summed E-state index contributed by atoms with van der Waals surface area (Å²) in [4.78, 5) is 18.0. The second-order valence-electron chi connectivity index (χ2n) is 7.91. The predicted molar refractivity (Wildman–Crippen MR) is 147 cm³/mol. The molecule has 5 aromatic rings. The first kappa shape index (κ1) is 24.1. The predicted octanol–water partition coefficient (Wildman–Crippen LogP) is 7.48. The zero-order valence-corrected chi connectivity index (χ0v) is 21.0. The van der Waals surface area contributed by atoms with Gasteiger partial charge in [-0.15, -0.1) is 0 Å². The van der Waals surface area contributed by atoms with Gasteiger partial charge in [-0.1, -0.05) is 89.4 Å². The van der Waals surface area contributed by atoms with Gasteiger partial charge in [-0.25, -0.2) is 4.98 Å². The zero-order chi connectivity index (χ0) is 25.1. The second-order valence-corrected chi connectivity index (χ2v) is 9.16. The van der Waals surface area contributed by atoms with Crippen LogP contribution in [0.2, 0.25) is 15.1 Å². The van der Waals surface area contributed by atoms with Crippen molar-refractivity contribution in [3.8, 4) is 17.1 Å². The molecule has 0 bridgehead atoms. The Morgan fingerprint density at radius 1 is 0.861 bits per heavy atom. The number of para-hydroxylation sites is 1. The largest absolute Gasteiger partial charge is 0.486 e. The number of hydrogen-bond donors (Lipinski definition) is 0. The van der Waals surface area contributed by atoms with Crippen molar-refractivity contribution in [2.45, 2.75) is 6.61 Å². The molecule has 5 nitrogen and oxygen atoms in total. The van der Waals surface area contributed by atoms with Gasteiger partial charge >= 0.3 is 0 Å². The molecule has 8 heteroatoms. The van der Waals surface area contributed by atoms with Crippen LogP contribution in [0.3, 0.4) is 0 Å². The molecule has 0 aliphatic heterocycles. The maximum Gasteiger partial charge on any atom is 0.282 e. The molecule has 0 amide bonds. The summed E-state index contributed by atoms with van der Waals surface area (Å²) >= 11 is 18.9.